The summed E-state index contributed by atoms with van der Waals surface area (Å²) in [6.45, 7) is 8.44. The highest BCUT2D eigenvalue weighted by molar-refractivity contribution is 5.93. The predicted octanol–water partition coefficient (Wildman–Crippen LogP) is 2.65. The maximum Gasteiger partial charge on any atom is 0.339 e. The zero-order valence-electron chi connectivity index (χ0n) is 11.1. The lowest BCUT2D eigenvalue weighted by Gasteiger charge is -2.36. The highest BCUT2D eigenvalue weighted by Crippen LogP contribution is 2.27. The number of pyridine rings is 1. The molecule has 4 heteroatoms. The Kier molecular flexibility index (Phi) is 3.76. The standard InChI is InChI=1S/C13H20N2O2/c1-9(13(2,3)4)15(5)11-10(12(16)17)7-6-8-14-11/h6-9H,1-5H3,(H,16,17). The van der Waals surface area contributed by atoms with Gasteiger partial charge in [-0.2, -0.15) is 0 Å². The summed E-state index contributed by atoms with van der Waals surface area (Å²) in [7, 11) is 1.88. The van der Waals surface area contributed by atoms with Crippen molar-refractivity contribution in [3.05, 3.63) is 23.9 Å². The molecular weight excluding hydrogens is 216 g/mol. The second-order valence-corrected chi connectivity index (χ2v) is 5.33. The topological polar surface area (TPSA) is 53.4 Å². The molecule has 0 bridgehead atoms. The van der Waals surface area contributed by atoms with Crippen LogP contribution >= 0.6 is 0 Å². The Morgan fingerprint density at radius 1 is 1.47 bits per heavy atom. The quantitative estimate of drug-likeness (QED) is 0.876. The molecule has 0 fully saturated rings. The van der Waals surface area contributed by atoms with Gasteiger partial charge in [-0.25, -0.2) is 9.78 Å². The molecule has 0 amide bonds. The van der Waals surface area contributed by atoms with Gasteiger partial charge in [0.25, 0.3) is 0 Å². The van der Waals surface area contributed by atoms with Crippen LogP contribution in [0.15, 0.2) is 18.3 Å². The smallest absolute Gasteiger partial charge is 0.339 e. The summed E-state index contributed by atoms with van der Waals surface area (Å²) in [5.41, 5.74) is 0.299. The number of carboxylic acids is 1. The van der Waals surface area contributed by atoms with Gasteiger partial charge in [0.1, 0.15) is 11.4 Å². The van der Waals surface area contributed by atoms with Crippen LogP contribution < -0.4 is 4.90 Å². The lowest BCUT2D eigenvalue weighted by Crippen LogP contribution is -2.40. The molecule has 0 saturated carbocycles. The first-order chi connectivity index (χ1) is 7.75. The van der Waals surface area contributed by atoms with E-state index in [4.69, 9.17) is 5.11 Å². The van der Waals surface area contributed by atoms with Gasteiger partial charge in [-0.1, -0.05) is 20.8 Å². The highest BCUT2D eigenvalue weighted by Gasteiger charge is 2.27. The minimum atomic E-state index is -0.943. The first kappa shape index (κ1) is 13.5. The van der Waals surface area contributed by atoms with Crippen molar-refractivity contribution in [1.82, 2.24) is 4.98 Å². The van der Waals surface area contributed by atoms with E-state index in [2.05, 4.69) is 32.7 Å². The minimum absolute atomic E-state index is 0.0576. The Balaban J connectivity index is 3.12. The van der Waals surface area contributed by atoms with Gasteiger partial charge in [0.15, 0.2) is 0 Å². The van der Waals surface area contributed by atoms with Crippen molar-refractivity contribution in [2.45, 2.75) is 33.7 Å². The summed E-state index contributed by atoms with van der Waals surface area (Å²) < 4.78 is 0. The van der Waals surface area contributed by atoms with Crippen LogP contribution in [0.4, 0.5) is 5.82 Å². The van der Waals surface area contributed by atoms with E-state index in [0.29, 0.717) is 5.82 Å². The van der Waals surface area contributed by atoms with Crippen molar-refractivity contribution in [3.63, 3.8) is 0 Å². The normalized spacial score (nSPS) is 13.2. The van der Waals surface area contributed by atoms with E-state index in [0.717, 1.165) is 0 Å². The molecule has 1 rings (SSSR count). The predicted molar refractivity (Wildman–Crippen MR) is 68.5 cm³/mol. The summed E-state index contributed by atoms with van der Waals surface area (Å²) >= 11 is 0. The number of rotatable bonds is 3. The fourth-order valence-corrected chi connectivity index (χ4v) is 1.61. The van der Waals surface area contributed by atoms with Crippen molar-refractivity contribution >= 4 is 11.8 Å². The number of carboxylic acid groups (broad SMARTS) is 1. The van der Waals surface area contributed by atoms with Crippen molar-refractivity contribution in [2.24, 2.45) is 5.41 Å². The average molecular weight is 236 g/mol. The Morgan fingerprint density at radius 2 is 2.06 bits per heavy atom. The summed E-state index contributed by atoms with van der Waals surface area (Å²) in [6, 6.07) is 3.41. The molecule has 0 spiro atoms. The lowest BCUT2D eigenvalue weighted by atomic mass is 9.87. The van der Waals surface area contributed by atoms with Crippen LogP contribution in [0.2, 0.25) is 0 Å². The van der Waals surface area contributed by atoms with E-state index < -0.39 is 5.97 Å². The third kappa shape index (κ3) is 2.96. The van der Waals surface area contributed by atoms with E-state index in [1.807, 2.05) is 11.9 Å². The maximum atomic E-state index is 11.1. The molecule has 0 aliphatic carbocycles. The second kappa shape index (κ2) is 4.73. The van der Waals surface area contributed by atoms with Gasteiger partial charge in [-0.05, 0) is 24.5 Å². The molecule has 0 radical (unpaired) electrons. The highest BCUT2D eigenvalue weighted by atomic mass is 16.4. The monoisotopic (exact) mass is 236 g/mol. The molecular formula is C13H20N2O2. The van der Waals surface area contributed by atoms with E-state index in [-0.39, 0.29) is 17.0 Å². The van der Waals surface area contributed by atoms with Gasteiger partial charge in [-0.3, -0.25) is 0 Å². The van der Waals surface area contributed by atoms with Gasteiger partial charge in [0, 0.05) is 19.3 Å². The number of anilines is 1. The molecule has 1 aromatic rings. The molecule has 1 atom stereocenters. The number of aromatic nitrogens is 1. The zero-order valence-corrected chi connectivity index (χ0v) is 11.1. The first-order valence-electron chi connectivity index (χ1n) is 5.66. The molecule has 0 saturated heterocycles. The van der Waals surface area contributed by atoms with Gasteiger partial charge >= 0.3 is 5.97 Å². The Hall–Kier alpha value is -1.58. The number of hydrogen-bond acceptors (Lipinski definition) is 3. The Bertz CT molecular complexity index is 410. The second-order valence-electron chi connectivity index (χ2n) is 5.33. The van der Waals surface area contributed by atoms with E-state index in [9.17, 15) is 4.79 Å². The van der Waals surface area contributed by atoms with Gasteiger partial charge in [0.2, 0.25) is 0 Å². The summed E-state index contributed by atoms with van der Waals surface area (Å²) in [5, 5.41) is 9.13. The maximum absolute atomic E-state index is 11.1. The van der Waals surface area contributed by atoms with Crippen LogP contribution in [0, 0.1) is 5.41 Å². The summed E-state index contributed by atoms with van der Waals surface area (Å²) in [5.74, 6) is -0.427. The average Bonchev–Trinajstić information content (AvgIpc) is 2.25. The van der Waals surface area contributed by atoms with E-state index in [1.54, 1.807) is 18.3 Å². The van der Waals surface area contributed by atoms with Crippen LogP contribution in [0.25, 0.3) is 0 Å². The molecule has 1 unspecified atom stereocenters. The summed E-state index contributed by atoms with van der Waals surface area (Å²) in [6.07, 6.45) is 1.62. The fourth-order valence-electron chi connectivity index (χ4n) is 1.61. The molecule has 0 aliphatic rings. The largest absolute Gasteiger partial charge is 0.478 e. The molecule has 0 aliphatic heterocycles. The molecule has 17 heavy (non-hydrogen) atoms. The van der Waals surface area contributed by atoms with Crippen molar-refractivity contribution in [1.29, 1.82) is 0 Å². The molecule has 0 aromatic carbocycles. The molecule has 1 aromatic heterocycles. The van der Waals surface area contributed by atoms with Crippen molar-refractivity contribution < 1.29 is 9.90 Å². The van der Waals surface area contributed by atoms with Crippen LogP contribution in [0.3, 0.4) is 0 Å². The number of nitrogens with zero attached hydrogens (tertiary/aromatic N) is 2. The minimum Gasteiger partial charge on any atom is -0.478 e. The summed E-state index contributed by atoms with van der Waals surface area (Å²) in [4.78, 5) is 17.2. The van der Waals surface area contributed by atoms with Crippen LogP contribution in [-0.4, -0.2) is 29.1 Å². The van der Waals surface area contributed by atoms with Gasteiger partial charge < -0.3 is 10.0 Å². The SMILES string of the molecule is CC(N(C)c1ncccc1C(=O)O)C(C)(C)C. The fraction of sp³-hybridized carbons (Fsp3) is 0.538. The van der Waals surface area contributed by atoms with Crippen LogP contribution in [0.5, 0.6) is 0 Å². The Morgan fingerprint density at radius 3 is 2.53 bits per heavy atom. The lowest BCUT2D eigenvalue weighted by molar-refractivity contribution is 0.0697. The number of hydrogen-bond donors (Lipinski definition) is 1. The van der Waals surface area contributed by atoms with Crippen molar-refractivity contribution in [3.8, 4) is 0 Å². The molecule has 1 heterocycles. The number of carbonyl (C=O) groups is 1. The van der Waals surface area contributed by atoms with Gasteiger partial charge in [-0.15, -0.1) is 0 Å². The Labute approximate surface area is 102 Å². The molecule has 4 nitrogen and oxygen atoms in total. The van der Waals surface area contributed by atoms with E-state index >= 15 is 0 Å². The molecule has 94 valence electrons. The molecule has 1 N–H and O–H groups in total. The first-order valence-corrected chi connectivity index (χ1v) is 5.66. The third-order valence-corrected chi connectivity index (χ3v) is 3.19. The third-order valence-electron chi connectivity index (χ3n) is 3.19. The van der Waals surface area contributed by atoms with Crippen molar-refractivity contribution in [2.75, 3.05) is 11.9 Å². The zero-order chi connectivity index (χ0) is 13.2. The van der Waals surface area contributed by atoms with Gasteiger partial charge in [0.05, 0.1) is 0 Å². The van der Waals surface area contributed by atoms with Crippen LogP contribution in [-0.2, 0) is 0 Å². The van der Waals surface area contributed by atoms with Crippen LogP contribution in [0.1, 0.15) is 38.1 Å². The van der Waals surface area contributed by atoms with E-state index in [1.165, 1.54) is 0 Å². The number of aromatic carboxylic acids is 1.